The van der Waals surface area contributed by atoms with Crippen LogP contribution in [0.15, 0.2) is 18.3 Å². The number of likely N-dealkylation sites (tertiary alicyclic amines) is 1. The van der Waals surface area contributed by atoms with Crippen LogP contribution in [0.3, 0.4) is 0 Å². The van der Waals surface area contributed by atoms with Gasteiger partial charge in [-0.15, -0.1) is 0 Å². The van der Waals surface area contributed by atoms with Crippen molar-refractivity contribution >= 4 is 17.5 Å². The Morgan fingerprint density at radius 1 is 1.36 bits per heavy atom. The number of anilines is 1. The summed E-state index contributed by atoms with van der Waals surface area (Å²) < 4.78 is 5.59. The minimum absolute atomic E-state index is 0.0632. The van der Waals surface area contributed by atoms with Crippen LogP contribution in [-0.4, -0.2) is 59.6 Å². The predicted octanol–water partition coefficient (Wildman–Crippen LogP) is 1.02. The summed E-state index contributed by atoms with van der Waals surface area (Å²) in [5.41, 5.74) is 0.966. The number of hydrogen-bond donors (Lipinski definition) is 2. The molecule has 25 heavy (non-hydrogen) atoms. The van der Waals surface area contributed by atoms with E-state index in [1.54, 1.807) is 18.3 Å². The molecule has 1 aromatic rings. The lowest BCUT2D eigenvalue weighted by molar-refractivity contribution is -0.126. The molecule has 0 aromatic carbocycles. The van der Waals surface area contributed by atoms with Gasteiger partial charge in [0.2, 0.25) is 0 Å². The van der Waals surface area contributed by atoms with E-state index in [2.05, 4.69) is 15.6 Å². The number of piperidine rings is 1. The zero-order chi connectivity index (χ0) is 17.4. The van der Waals surface area contributed by atoms with Crippen molar-refractivity contribution in [2.24, 2.45) is 5.92 Å². The molecule has 0 radical (unpaired) electrons. The van der Waals surface area contributed by atoms with E-state index in [-0.39, 0.29) is 24.0 Å². The lowest BCUT2D eigenvalue weighted by Gasteiger charge is -2.50. The minimum Gasteiger partial charge on any atom is -0.365 e. The molecule has 3 aliphatic rings. The highest BCUT2D eigenvalue weighted by molar-refractivity contribution is 5.97. The van der Waals surface area contributed by atoms with Crippen molar-refractivity contribution in [2.75, 3.05) is 25.0 Å². The first-order valence-electron chi connectivity index (χ1n) is 9.06. The van der Waals surface area contributed by atoms with Crippen LogP contribution in [0, 0.1) is 5.92 Å². The van der Waals surface area contributed by atoms with Crippen molar-refractivity contribution < 1.29 is 14.3 Å². The molecule has 1 aromatic heterocycles. The molecule has 0 aliphatic carbocycles. The molecule has 7 heteroatoms. The Labute approximate surface area is 147 Å². The minimum atomic E-state index is -0.410. The second-order valence-electron chi connectivity index (χ2n) is 7.21. The molecule has 134 valence electrons. The zero-order valence-electron chi connectivity index (χ0n) is 14.4. The van der Waals surface area contributed by atoms with Gasteiger partial charge < -0.3 is 20.3 Å². The second kappa shape index (κ2) is 6.72. The average Bonchev–Trinajstić information content (AvgIpc) is 3.03. The third-order valence-corrected chi connectivity index (χ3v) is 5.45. The number of carbonyl (C=O) groups is 2. The van der Waals surface area contributed by atoms with Gasteiger partial charge in [0.05, 0.1) is 6.10 Å². The number of nitrogens with one attached hydrogen (secondary N) is 2. The largest absolute Gasteiger partial charge is 0.365 e. The molecule has 0 bridgehead atoms. The van der Waals surface area contributed by atoms with E-state index in [1.165, 1.54) is 0 Å². The first-order valence-corrected chi connectivity index (χ1v) is 9.06. The molecule has 3 aliphatic heterocycles. The van der Waals surface area contributed by atoms with Crippen LogP contribution in [0.2, 0.25) is 0 Å². The Hall–Kier alpha value is -1.99. The number of fused-ring (bicyclic) bond motifs is 1. The van der Waals surface area contributed by atoms with Gasteiger partial charge in [0.25, 0.3) is 11.8 Å². The number of nitrogens with zero attached hydrogens (tertiary/aromatic N) is 2. The summed E-state index contributed by atoms with van der Waals surface area (Å²) in [4.78, 5) is 31.1. The molecule has 0 spiro atoms. The maximum Gasteiger partial charge on any atom is 0.272 e. The highest BCUT2D eigenvalue weighted by Gasteiger charge is 2.43. The summed E-state index contributed by atoms with van der Waals surface area (Å²) in [6.07, 6.45) is 4.02. The average molecular weight is 344 g/mol. The lowest BCUT2D eigenvalue weighted by atomic mass is 9.83. The fourth-order valence-electron chi connectivity index (χ4n) is 3.95. The summed E-state index contributed by atoms with van der Waals surface area (Å²) in [5, 5.41) is 6.18. The fraction of sp³-hybridized carbons (Fsp3) is 0.611. The number of hydrogen-bond acceptors (Lipinski definition) is 5. The summed E-state index contributed by atoms with van der Waals surface area (Å²) >= 11 is 0. The Kier molecular flexibility index (Phi) is 4.43. The number of carbonyl (C=O) groups excluding carboxylic acids is 2. The van der Waals surface area contributed by atoms with Gasteiger partial charge >= 0.3 is 0 Å². The number of ether oxygens (including phenoxy) is 1. The van der Waals surface area contributed by atoms with Gasteiger partial charge in [0.1, 0.15) is 11.8 Å². The quantitative estimate of drug-likeness (QED) is 0.855. The molecule has 4 rings (SSSR count). The van der Waals surface area contributed by atoms with E-state index < -0.39 is 6.10 Å². The number of pyridine rings is 1. The second-order valence-corrected chi connectivity index (χ2v) is 7.21. The molecule has 4 atom stereocenters. The molecular formula is C18H24N4O3. The standard InChI is InChI=1S/C18H24N4O3/c1-11-2-3-16(25-11)17(23)21-13-5-7-20-14(8-13)18(24)22-10-12-4-6-19-9-15(12)22/h5,7-8,11-12,15-16,19H,2-4,6,9-10H2,1H3,(H,20,21,23). The molecule has 4 heterocycles. The highest BCUT2D eigenvalue weighted by atomic mass is 16.5. The van der Waals surface area contributed by atoms with Gasteiger partial charge in [0, 0.05) is 31.0 Å². The third kappa shape index (κ3) is 3.26. The maximum atomic E-state index is 12.7. The summed E-state index contributed by atoms with van der Waals surface area (Å²) in [6.45, 7) is 4.66. The topological polar surface area (TPSA) is 83.6 Å². The van der Waals surface area contributed by atoms with Gasteiger partial charge in [-0.3, -0.25) is 14.6 Å². The Morgan fingerprint density at radius 3 is 3.00 bits per heavy atom. The SMILES string of the molecule is CC1CCC(C(=O)Nc2ccnc(C(=O)N3CC4CCNCC43)c2)O1. The van der Waals surface area contributed by atoms with E-state index in [9.17, 15) is 9.59 Å². The molecule has 2 N–H and O–H groups in total. The van der Waals surface area contributed by atoms with E-state index in [1.807, 2.05) is 11.8 Å². The van der Waals surface area contributed by atoms with E-state index >= 15 is 0 Å². The van der Waals surface area contributed by atoms with E-state index in [0.29, 0.717) is 17.3 Å². The van der Waals surface area contributed by atoms with Crippen molar-refractivity contribution in [3.8, 4) is 0 Å². The Bertz CT molecular complexity index is 680. The Balaban J connectivity index is 1.41. The van der Waals surface area contributed by atoms with E-state index in [0.717, 1.165) is 38.9 Å². The molecule has 2 amide bonds. The molecule has 0 saturated carbocycles. The molecule has 3 fully saturated rings. The monoisotopic (exact) mass is 344 g/mol. The number of amides is 2. The molecule has 7 nitrogen and oxygen atoms in total. The van der Waals surface area contributed by atoms with Crippen LogP contribution in [-0.2, 0) is 9.53 Å². The number of rotatable bonds is 3. The summed E-state index contributed by atoms with van der Waals surface area (Å²) in [7, 11) is 0. The first kappa shape index (κ1) is 16.5. The van der Waals surface area contributed by atoms with Crippen LogP contribution in [0.1, 0.15) is 36.7 Å². The first-order chi connectivity index (χ1) is 12.1. The molecule has 4 unspecified atom stereocenters. The van der Waals surface area contributed by atoms with Gasteiger partial charge in [0.15, 0.2) is 0 Å². The maximum absolute atomic E-state index is 12.7. The van der Waals surface area contributed by atoms with Crippen molar-refractivity contribution in [1.82, 2.24) is 15.2 Å². The fourth-order valence-corrected chi connectivity index (χ4v) is 3.95. The van der Waals surface area contributed by atoms with Crippen LogP contribution in [0.4, 0.5) is 5.69 Å². The van der Waals surface area contributed by atoms with Gasteiger partial charge in [-0.2, -0.15) is 0 Å². The van der Waals surface area contributed by atoms with Crippen molar-refractivity contribution in [3.05, 3.63) is 24.0 Å². The van der Waals surface area contributed by atoms with Crippen LogP contribution >= 0.6 is 0 Å². The highest BCUT2D eigenvalue weighted by Crippen LogP contribution is 2.31. The molecule has 3 saturated heterocycles. The zero-order valence-corrected chi connectivity index (χ0v) is 14.4. The smallest absolute Gasteiger partial charge is 0.272 e. The van der Waals surface area contributed by atoms with Crippen LogP contribution < -0.4 is 10.6 Å². The Morgan fingerprint density at radius 2 is 2.24 bits per heavy atom. The van der Waals surface area contributed by atoms with Crippen molar-refractivity contribution in [1.29, 1.82) is 0 Å². The van der Waals surface area contributed by atoms with Crippen LogP contribution in [0.25, 0.3) is 0 Å². The van der Waals surface area contributed by atoms with Crippen molar-refractivity contribution in [3.63, 3.8) is 0 Å². The third-order valence-electron chi connectivity index (χ3n) is 5.45. The normalized spacial score (nSPS) is 31.2. The van der Waals surface area contributed by atoms with Gasteiger partial charge in [-0.25, -0.2) is 0 Å². The van der Waals surface area contributed by atoms with Gasteiger partial charge in [-0.05, 0) is 50.8 Å². The molecular weight excluding hydrogens is 320 g/mol. The lowest BCUT2D eigenvalue weighted by Crippen LogP contribution is -2.65. The van der Waals surface area contributed by atoms with Crippen molar-refractivity contribution in [2.45, 2.75) is 44.4 Å². The van der Waals surface area contributed by atoms with E-state index in [4.69, 9.17) is 4.74 Å². The summed E-state index contributed by atoms with van der Waals surface area (Å²) in [6, 6.07) is 3.63. The number of aromatic nitrogens is 1. The predicted molar refractivity (Wildman–Crippen MR) is 92.2 cm³/mol. The van der Waals surface area contributed by atoms with Crippen LogP contribution in [0.5, 0.6) is 0 Å². The summed E-state index contributed by atoms with van der Waals surface area (Å²) in [5.74, 6) is 0.385. The van der Waals surface area contributed by atoms with Gasteiger partial charge in [-0.1, -0.05) is 0 Å².